The zero-order valence-corrected chi connectivity index (χ0v) is 13.2. The van der Waals surface area contributed by atoms with E-state index in [0.29, 0.717) is 16.4 Å². The summed E-state index contributed by atoms with van der Waals surface area (Å²) in [6, 6.07) is 5.70. The number of nitrogens with one attached hydrogen (secondary N) is 1. The summed E-state index contributed by atoms with van der Waals surface area (Å²) < 4.78 is 0. The normalized spacial score (nSPS) is 10.4. The third kappa shape index (κ3) is 4.05. The van der Waals surface area contributed by atoms with Crippen molar-refractivity contribution in [2.75, 3.05) is 11.6 Å². The van der Waals surface area contributed by atoms with E-state index >= 15 is 0 Å². The minimum absolute atomic E-state index is 0.145. The smallest absolute Gasteiger partial charge is 0.309 e. The quantitative estimate of drug-likeness (QED) is 0.827. The third-order valence-electron chi connectivity index (χ3n) is 2.79. The molecule has 0 aliphatic heterocycles. The number of hydrogen-bond acceptors (Lipinski definition) is 5. The number of hydrogen-bond donors (Lipinski definition) is 2. The molecule has 1 heterocycles. The van der Waals surface area contributed by atoms with Crippen molar-refractivity contribution in [3.63, 3.8) is 0 Å². The zero-order chi connectivity index (χ0) is 15.4. The molecule has 0 saturated heterocycles. The molecule has 2 aromatic rings. The highest BCUT2D eigenvalue weighted by atomic mass is 32.2. The minimum atomic E-state index is -0.943. The standard InChI is InChI=1S/C14H14N2O3S2/c1-8-3-4-10(20-2)6-11(8)13(19)16-14-15-9(7-21-14)5-12(17)18/h3-4,6-7H,5H2,1-2H3,(H,17,18)(H,15,16,19). The van der Waals surface area contributed by atoms with Crippen molar-refractivity contribution in [1.29, 1.82) is 0 Å². The summed E-state index contributed by atoms with van der Waals surface area (Å²) in [4.78, 5) is 28.0. The highest BCUT2D eigenvalue weighted by molar-refractivity contribution is 7.98. The molecule has 7 heteroatoms. The van der Waals surface area contributed by atoms with Crippen molar-refractivity contribution in [2.45, 2.75) is 18.2 Å². The summed E-state index contributed by atoms with van der Waals surface area (Å²) in [5.74, 6) is -1.18. The Labute approximate surface area is 130 Å². The van der Waals surface area contributed by atoms with Crippen LogP contribution in [0.5, 0.6) is 0 Å². The molecule has 0 aliphatic rings. The van der Waals surface area contributed by atoms with Gasteiger partial charge in [0.25, 0.3) is 5.91 Å². The molecule has 0 spiro atoms. The summed E-state index contributed by atoms with van der Waals surface area (Å²) in [7, 11) is 0. The first-order valence-electron chi connectivity index (χ1n) is 6.12. The molecular formula is C14H14N2O3S2. The molecule has 0 radical (unpaired) electrons. The molecular weight excluding hydrogens is 308 g/mol. The largest absolute Gasteiger partial charge is 0.481 e. The van der Waals surface area contributed by atoms with E-state index < -0.39 is 5.97 Å². The average Bonchev–Trinajstić information content (AvgIpc) is 2.85. The van der Waals surface area contributed by atoms with Crippen LogP contribution in [0.4, 0.5) is 5.13 Å². The van der Waals surface area contributed by atoms with Crippen LogP contribution in [0, 0.1) is 6.92 Å². The number of nitrogens with zero attached hydrogens (tertiary/aromatic N) is 1. The number of thioether (sulfide) groups is 1. The average molecular weight is 322 g/mol. The van der Waals surface area contributed by atoms with Crippen molar-refractivity contribution in [2.24, 2.45) is 0 Å². The van der Waals surface area contributed by atoms with Gasteiger partial charge in [0, 0.05) is 15.8 Å². The van der Waals surface area contributed by atoms with E-state index in [1.54, 1.807) is 17.1 Å². The summed E-state index contributed by atoms with van der Waals surface area (Å²) in [5, 5.41) is 13.5. The fraction of sp³-hybridized carbons (Fsp3) is 0.214. The van der Waals surface area contributed by atoms with Crippen molar-refractivity contribution < 1.29 is 14.7 Å². The monoisotopic (exact) mass is 322 g/mol. The van der Waals surface area contributed by atoms with Gasteiger partial charge in [-0.25, -0.2) is 4.98 Å². The van der Waals surface area contributed by atoms with Crippen LogP contribution in [0.15, 0.2) is 28.5 Å². The minimum Gasteiger partial charge on any atom is -0.481 e. The maximum atomic E-state index is 12.3. The number of carbonyl (C=O) groups is 2. The number of carboxylic acids is 1. The molecule has 1 aromatic carbocycles. The lowest BCUT2D eigenvalue weighted by molar-refractivity contribution is -0.136. The Bertz CT molecular complexity index is 683. The molecule has 110 valence electrons. The molecule has 0 bridgehead atoms. The Balaban J connectivity index is 2.14. The molecule has 1 aromatic heterocycles. The fourth-order valence-corrected chi connectivity index (χ4v) is 2.88. The van der Waals surface area contributed by atoms with Crippen LogP contribution in [0.25, 0.3) is 0 Å². The number of rotatable bonds is 5. The highest BCUT2D eigenvalue weighted by Crippen LogP contribution is 2.21. The van der Waals surface area contributed by atoms with Crippen LogP contribution in [-0.2, 0) is 11.2 Å². The van der Waals surface area contributed by atoms with Crippen LogP contribution in [0.2, 0.25) is 0 Å². The Morgan fingerprint density at radius 2 is 2.19 bits per heavy atom. The number of aryl methyl sites for hydroxylation is 1. The van der Waals surface area contributed by atoms with E-state index in [0.717, 1.165) is 10.5 Å². The summed E-state index contributed by atoms with van der Waals surface area (Å²) >= 11 is 2.79. The second-order valence-electron chi connectivity index (χ2n) is 4.35. The second kappa shape index (κ2) is 6.73. The summed E-state index contributed by atoms with van der Waals surface area (Å²) in [6.07, 6.45) is 1.80. The van der Waals surface area contributed by atoms with Crippen LogP contribution < -0.4 is 5.32 Å². The molecule has 1 amide bonds. The van der Waals surface area contributed by atoms with E-state index in [-0.39, 0.29) is 12.3 Å². The first-order valence-corrected chi connectivity index (χ1v) is 8.22. The Morgan fingerprint density at radius 1 is 1.43 bits per heavy atom. The van der Waals surface area contributed by atoms with Gasteiger partial charge in [0.15, 0.2) is 5.13 Å². The number of carboxylic acid groups (broad SMARTS) is 1. The second-order valence-corrected chi connectivity index (χ2v) is 6.09. The Kier molecular flexibility index (Phi) is 4.98. The van der Waals surface area contributed by atoms with Crippen LogP contribution in [0.1, 0.15) is 21.6 Å². The summed E-state index contributed by atoms with van der Waals surface area (Å²) in [5.41, 5.74) is 1.92. The number of benzene rings is 1. The van der Waals surface area contributed by atoms with Crippen molar-refractivity contribution in [1.82, 2.24) is 4.98 Å². The van der Waals surface area contributed by atoms with Gasteiger partial charge in [-0.05, 0) is 30.9 Å². The Morgan fingerprint density at radius 3 is 2.86 bits per heavy atom. The number of thiazole rings is 1. The van der Waals surface area contributed by atoms with Gasteiger partial charge in [-0.1, -0.05) is 6.07 Å². The lowest BCUT2D eigenvalue weighted by atomic mass is 10.1. The molecule has 0 aliphatic carbocycles. The Hall–Kier alpha value is -1.86. The van der Waals surface area contributed by atoms with Gasteiger partial charge < -0.3 is 5.11 Å². The predicted octanol–water partition coefficient (Wildman–Crippen LogP) is 3.05. The number of carbonyl (C=O) groups excluding carboxylic acids is 1. The van der Waals surface area contributed by atoms with Crippen molar-refractivity contribution >= 4 is 40.1 Å². The first-order chi connectivity index (χ1) is 9.99. The first kappa shape index (κ1) is 15.5. The topological polar surface area (TPSA) is 79.3 Å². The van der Waals surface area contributed by atoms with E-state index in [1.807, 2.05) is 31.4 Å². The number of anilines is 1. The molecule has 0 unspecified atom stereocenters. The molecule has 5 nitrogen and oxygen atoms in total. The van der Waals surface area contributed by atoms with Gasteiger partial charge in [0.2, 0.25) is 0 Å². The van der Waals surface area contributed by atoms with Gasteiger partial charge in [0.05, 0.1) is 12.1 Å². The molecule has 0 atom stereocenters. The third-order valence-corrected chi connectivity index (χ3v) is 4.33. The molecule has 0 saturated carbocycles. The summed E-state index contributed by atoms with van der Waals surface area (Å²) in [6.45, 7) is 1.87. The van der Waals surface area contributed by atoms with Gasteiger partial charge in [0.1, 0.15) is 0 Å². The number of amides is 1. The van der Waals surface area contributed by atoms with E-state index in [2.05, 4.69) is 10.3 Å². The van der Waals surface area contributed by atoms with Gasteiger partial charge in [-0.15, -0.1) is 23.1 Å². The van der Waals surface area contributed by atoms with Crippen molar-refractivity contribution in [3.05, 3.63) is 40.4 Å². The van der Waals surface area contributed by atoms with Crippen LogP contribution >= 0.6 is 23.1 Å². The molecule has 2 rings (SSSR count). The van der Waals surface area contributed by atoms with Gasteiger partial charge >= 0.3 is 5.97 Å². The number of aliphatic carboxylic acids is 1. The molecule has 0 fully saturated rings. The zero-order valence-electron chi connectivity index (χ0n) is 11.5. The lowest BCUT2D eigenvalue weighted by Crippen LogP contribution is -2.13. The maximum Gasteiger partial charge on any atom is 0.309 e. The lowest BCUT2D eigenvalue weighted by Gasteiger charge is -2.07. The maximum absolute atomic E-state index is 12.3. The van der Waals surface area contributed by atoms with E-state index in [9.17, 15) is 9.59 Å². The fourth-order valence-electron chi connectivity index (χ4n) is 1.74. The SMILES string of the molecule is CSc1ccc(C)c(C(=O)Nc2nc(CC(=O)O)cs2)c1. The highest BCUT2D eigenvalue weighted by Gasteiger charge is 2.13. The van der Waals surface area contributed by atoms with Crippen LogP contribution in [0.3, 0.4) is 0 Å². The van der Waals surface area contributed by atoms with Crippen molar-refractivity contribution in [3.8, 4) is 0 Å². The van der Waals surface area contributed by atoms with E-state index in [1.165, 1.54) is 11.3 Å². The molecule has 21 heavy (non-hydrogen) atoms. The van der Waals surface area contributed by atoms with Gasteiger partial charge in [-0.2, -0.15) is 0 Å². The predicted molar refractivity (Wildman–Crippen MR) is 84.4 cm³/mol. The van der Waals surface area contributed by atoms with Gasteiger partial charge in [-0.3, -0.25) is 14.9 Å². The number of aromatic nitrogens is 1. The van der Waals surface area contributed by atoms with Crippen LogP contribution in [-0.4, -0.2) is 28.2 Å². The molecule has 2 N–H and O–H groups in total. The van der Waals surface area contributed by atoms with E-state index in [4.69, 9.17) is 5.11 Å².